The fraction of sp³-hybridized carbons (Fsp3) is 0.571. The molecule has 0 amide bonds. The van der Waals surface area contributed by atoms with E-state index in [0.29, 0.717) is 11.3 Å². The van der Waals surface area contributed by atoms with Crippen molar-refractivity contribution < 1.29 is 4.74 Å². The summed E-state index contributed by atoms with van der Waals surface area (Å²) < 4.78 is 5.66. The van der Waals surface area contributed by atoms with E-state index >= 15 is 0 Å². The van der Waals surface area contributed by atoms with Crippen molar-refractivity contribution in [2.75, 3.05) is 26.3 Å². The summed E-state index contributed by atoms with van der Waals surface area (Å²) >= 11 is 5.96. The second-order valence-electron chi connectivity index (χ2n) is 5.22. The third-order valence-electron chi connectivity index (χ3n) is 4.29. The molecule has 3 heteroatoms. The van der Waals surface area contributed by atoms with Crippen LogP contribution in [0.15, 0.2) is 24.3 Å². The van der Waals surface area contributed by atoms with Crippen LogP contribution in [0.3, 0.4) is 0 Å². The maximum Gasteiger partial charge on any atom is 0.0530 e. The van der Waals surface area contributed by atoms with Crippen molar-refractivity contribution in [2.24, 2.45) is 5.41 Å². The summed E-state index contributed by atoms with van der Waals surface area (Å²) in [4.78, 5) is 0. The van der Waals surface area contributed by atoms with Gasteiger partial charge in [0.25, 0.3) is 0 Å². The molecule has 2 aliphatic rings. The lowest BCUT2D eigenvalue weighted by molar-refractivity contribution is 0.110. The predicted molar refractivity (Wildman–Crippen MR) is 69.5 cm³/mol. The molecule has 1 spiro atoms. The molecule has 2 unspecified atom stereocenters. The molecule has 0 saturated carbocycles. The predicted octanol–water partition coefficient (Wildman–Crippen LogP) is 2.82. The van der Waals surface area contributed by atoms with Crippen LogP contribution in [0.1, 0.15) is 24.3 Å². The highest BCUT2D eigenvalue weighted by atomic mass is 35.5. The van der Waals surface area contributed by atoms with Crippen LogP contribution in [0.5, 0.6) is 0 Å². The molecule has 2 fully saturated rings. The van der Waals surface area contributed by atoms with Crippen LogP contribution in [0, 0.1) is 5.41 Å². The van der Waals surface area contributed by atoms with E-state index in [0.717, 1.165) is 31.3 Å². The second-order valence-corrected chi connectivity index (χ2v) is 5.66. The van der Waals surface area contributed by atoms with Gasteiger partial charge in [-0.3, -0.25) is 0 Å². The summed E-state index contributed by atoms with van der Waals surface area (Å²) in [5.74, 6) is 0.566. The van der Waals surface area contributed by atoms with Crippen molar-refractivity contribution >= 4 is 11.6 Å². The van der Waals surface area contributed by atoms with Crippen LogP contribution in [0.4, 0.5) is 0 Å². The van der Waals surface area contributed by atoms with Crippen molar-refractivity contribution in [1.29, 1.82) is 0 Å². The van der Waals surface area contributed by atoms with Crippen molar-refractivity contribution in [3.8, 4) is 0 Å². The summed E-state index contributed by atoms with van der Waals surface area (Å²) in [6.45, 7) is 4.02. The monoisotopic (exact) mass is 251 g/mol. The van der Waals surface area contributed by atoms with Gasteiger partial charge >= 0.3 is 0 Å². The number of halogens is 1. The third-order valence-corrected chi connectivity index (χ3v) is 4.55. The van der Waals surface area contributed by atoms with E-state index in [1.807, 2.05) is 12.1 Å². The number of benzene rings is 1. The lowest BCUT2D eigenvalue weighted by atomic mass is 9.67. The lowest BCUT2D eigenvalue weighted by Gasteiger charge is -2.41. The van der Waals surface area contributed by atoms with Gasteiger partial charge in [0.15, 0.2) is 0 Å². The molecule has 0 radical (unpaired) electrons. The van der Waals surface area contributed by atoms with E-state index in [2.05, 4.69) is 17.4 Å². The first-order valence-electron chi connectivity index (χ1n) is 6.34. The van der Waals surface area contributed by atoms with Gasteiger partial charge in [-0.05, 0) is 37.1 Å². The summed E-state index contributed by atoms with van der Waals surface area (Å²) in [5.41, 5.74) is 1.76. The molecular formula is C14H18ClNO. The molecule has 0 aliphatic carbocycles. The Morgan fingerprint density at radius 3 is 2.76 bits per heavy atom. The van der Waals surface area contributed by atoms with Crippen LogP contribution in [-0.4, -0.2) is 26.3 Å². The molecule has 2 aliphatic heterocycles. The fourth-order valence-corrected chi connectivity index (χ4v) is 3.36. The molecule has 0 bridgehead atoms. The Hall–Kier alpha value is -0.570. The minimum absolute atomic E-state index is 0.360. The molecule has 1 N–H and O–H groups in total. The van der Waals surface area contributed by atoms with Crippen LogP contribution in [0.25, 0.3) is 0 Å². The molecule has 0 aromatic heterocycles. The molecular weight excluding hydrogens is 234 g/mol. The topological polar surface area (TPSA) is 21.3 Å². The number of hydrogen-bond donors (Lipinski definition) is 1. The maximum atomic E-state index is 5.96. The van der Waals surface area contributed by atoms with Gasteiger partial charge < -0.3 is 10.1 Å². The zero-order valence-electron chi connectivity index (χ0n) is 9.92. The number of piperidine rings is 1. The molecule has 3 rings (SSSR count). The lowest BCUT2D eigenvalue weighted by Crippen LogP contribution is -2.44. The Kier molecular flexibility index (Phi) is 3.12. The van der Waals surface area contributed by atoms with Crippen molar-refractivity contribution in [2.45, 2.75) is 18.8 Å². The third kappa shape index (κ3) is 2.10. The minimum atomic E-state index is 0.360. The Labute approximate surface area is 107 Å². The van der Waals surface area contributed by atoms with Crippen LogP contribution >= 0.6 is 11.6 Å². The quantitative estimate of drug-likeness (QED) is 0.829. The van der Waals surface area contributed by atoms with Crippen molar-refractivity contribution in [1.82, 2.24) is 5.32 Å². The summed E-state index contributed by atoms with van der Waals surface area (Å²) in [6.07, 6.45) is 2.42. The molecule has 2 atom stereocenters. The van der Waals surface area contributed by atoms with Crippen LogP contribution in [0.2, 0.25) is 5.02 Å². The SMILES string of the molecule is Clc1ccc(C2CNCCC23CCOC3)cc1. The molecule has 2 heterocycles. The molecule has 2 nitrogen and oxygen atoms in total. The van der Waals surface area contributed by atoms with Gasteiger partial charge in [0.2, 0.25) is 0 Å². The number of ether oxygens (including phenoxy) is 1. The van der Waals surface area contributed by atoms with E-state index in [-0.39, 0.29) is 0 Å². The van der Waals surface area contributed by atoms with Gasteiger partial charge in [0.1, 0.15) is 0 Å². The van der Waals surface area contributed by atoms with Gasteiger partial charge in [-0.1, -0.05) is 23.7 Å². The van der Waals surface area contributed by atoms with E-state index in [1.165, 1.54) is 18.4 Å². The highest BCUT2D eigenvalue weighted by Crippen LogP contribution is 2.46. The number of nitrogens with one attached hydrogen (secondary N) is 1. The number of rotatable bonds is 1. The zero-order chi connectivity index (χ0) is 11.7. The van der Waals surface area contributed by atoms with Crippen LogP contribution < -0.4 is 5.32 Å². The Bertz CT molecular complexity index is 384. The average molecular weight is 252 g/mol. The molecule has 1 aromatic rings. The Morgan fingerprint density at radius 1 is 1.24 bits per heavy atom. The zero-order valence-corrected chi connectivity index (χ0v) is 10.7. The normalized spacial score (nSPS) is 33.1. The largest absolute Gasteiger partial charge is 0.381 e. The Morgan fingerprint density at radius 2 is 2.06 bits per heavy atom. The Balaban J connectivity index is 1.91. The van der Waals surface area contributed by atoms with Crippen molar-refractivity contribution in [3.63, 3.8) is 0 Å². The molecule has 1 aromatic carbocycles. The van der Waals surface area contributed by atoms with Gasteiger partial charge in [-0.25, -0.2) is 0 Å². The first-order valence-corrected chi connectivity index (χ1v) is 6.72. The van der Waals surface area contributed by atoms with Gasteiger partial charge in [0, 0.05) is 29.5 Å². The van der Waals surface area contributed by atoms with E-state index in [4.69, 9.17) is 16.3 Å². The molecule has 17 heavy (non-hydrogen) atoms. The fourth-order valence-electron chi connectivity index (χ4n) is 3.24. The summed E-state index contributed by atoms with van der Waals surface area (Å²) in [7, 11) is 0. The van der Waals surface area contributed by atoms with Crippen LogP contribution in [-0.2, 0) is 4.74 Å². The number of hydrogen-bond acceptors (Lipinski definition) is 2. The molecule has 2 saturated heterocycles. The second kappa shape index (κ2) is 4.60. The van der Waals surface area contributed by atoms with E-state index < -0.39 is 0 Å². The minimum Gasteiger partial charge on any atom is -0.381 e. The maximum absolute atomic E-state index is 5.96. The summed E-state index contributed by atoms with van der Waals surface area (Å²) in [5, 5.41) is 4.32. The van der Waals surface area contributed by atoms with Gasteiger partial charge in [-0.2, -0.15) is 0 Å². The first-order chi connectivity index (χ1) is 8.30. The summed E-state index contributed by atoms with van der Waals surface area (Å²) in [6, 6.07) is 8.32. The van der Waals surface area contributed by atoms with Gasteiger partial charge in [-0.15, -0.1) is 0 Å². The highest BCUT2D eigenvalue weighted by molar-refractivity contribution is 6.30. The van der Waals surface area contributed by atoms with Gasteiger partial charge in [0.05, 0.1) is 6.61 Å². The van der Waals surface area contributed by atoms with Crippen molar-refractivity contribution in [3.05, 3.63) is 34.9 Å². The standard InChI is InChI=1S/C14H18ClNO/c15-12-3-1-11(2-4-12)13-9-16-7-5-14(13)6-8-17-10-14/h1-4,13,16H,5-10H2. The van der Waals surface area contributed by atoms with E-state index in [1.54, 1.807) is 0 Å². The first kappa shape index (κ1) is 11.5. The van der Waals surface area contributed by atoms with E-state index in [9.17, 15) is 0 Å². The smallest absolute Gasteiger partial charge is 0.0530 e. The molecule has 92 valence electrons. The highest BCUT2D eigenvalue weighted by Gasteiger charge is 2.44. The average Bonchev–Trinajstić information content (AvgIpc) is 2.80.